The molecule has 0 atom stereocenters. The molecular weight excluding hydrogens is 360 g/mol. The summed E-state index contributed by atoms with van der Waals surface area (Å²) in [5.74, 6) is 2.26. The van der Waals surface area contributed by atoms with Crippen molar-refractivity contribution in [2.45, 2.75) is 0 Å². The second kappa shape index (κ2) is 7.72. The molecule has 0 spiro atoms. The molecule has 1 aromatic carbocycles. The number of aliphatic hydroxyl groups is 1. The second-order valence-corrected chi connectivity index (χ2v) is 6.11. The number of rotatable bonds is 5. The van der Waals surface area contributed by atoms with Crippen molar-refractivity contribution in [3.63, 3.8) is 0 Å². The molecule has 2 aromatic rings. The van der Waals surface area contributed by atoms with Gasteiger partial charge in [0.2, 0.25) is 0 Å². The van der Waals surface area contributed by atoms with Crippen molar-refractivity contribution in [1.29, 1.82) is 0 Å². The number of hydrogen-bond donors (Lipinski definition) is 2. The summed E-state index contributed by atoms with van der Waals surface area (Å²) in [5, 5.41) is 12.2. The van der Waals surface area contributed by atoms with Crippen LogP contribution in [-0.4, -0.2) is 54.5 Å². The number of halogens is 1. The number of nitrogens with zero attached hydrogens (tertiary/aromatic N) is 3. The Morgan fingerprint density at radius 2 is 1.91 bits per heavy atom. The van der Waals surface area contributed by atoms with Crippen LogP contribution < -0.4 is 10.2 Å². The summed E-state index contributed by atoms with van der Waals surface area (Å²) in [7, 11) is 0. The van der Waals surface area contributed by atoms with Crippen molar-refractivity contribution in [3.05, 3.63) is 34.8 Å². The van der Waals surface area contributed by atoms with Crippen molar-refractivity contribution in [2.24, 2.45) is 0 Å². The average molecular weight is 379 g/mol. The zero-order valence-electron chi connectivity index (χ0n) is 12.7. The number of benzene rings is 1. The highest BCUT2D eigenvalue weighted by Crippen LogP contribution is 2.24. The van der Waals surface area contributed by atoms with Crippen LogP contribution in [0.3, 0.4) is 0 Å². The Labute approximate surface area is 143 Å². The molecule has 122 valence electrons. The first kappa shape index (κ1) is 16.2. The molecule has 0 radical (unpaired) electrons. The Hall–Kier alpha value is -1.70. The van der Waals surface area contributed by atoms with E-state index in [2.05, 4.69) is 31.1 Å². The minimum atomic E-state index is 0.0600. The molecule has 3 rings (SSSR count). The van der Waals surface area contributed by atoms with E-state index < -0.39 is 0 Å². The lowest BCUT2D eigenvalue weighted by molar-refractivity contribution is 0.122. The van der Waals surface area contributed by atoms with Crippen molar-refractivity contribution in [3.8, 4) is 11.4 Å². The van der Waals surface area contributed by atoms with Crippen LogP contribution in [0, 0.1) is 0 Å². The molecule has 0 aliphatic carbocycles. The monoisotopic (exact) mass is 378 g/mol. The lowest BCUT2D eigenvalue weighted by atomic mass is 10.2. The van der Waals surface area contributed by atoms with Gasteiger partial charge in [0.1, 0.15) is 11.6 Å². The molecule has 1 aliphatic heterocycles. The first-order chi connectivity index (χ1) is 11.3. The predicted octanol–water partition coefficient (Wildman–Crippen LogP) is 2.15. The normalized spacial score (nSPS) is 14.8. The maximum absolute atomic E-state index is 9.02. The van der Waals surface area contributed by atoms with Gasteiger partial charge in [-0.15, -0.1) is 0 Å². The molecule has 1 aliphatic rings. The van der Waals surface area contributed by atoms with Gasteiger partial charge in [0.05, 0.1) is 19.8 Å². The van der Waals surface area contributed by atoms with E-state index in [1.54, 1.807) is 0 Å². The summed E-state index contributed by atoms with van der Waals surface area (Å²) < 4.78 is 6.42. The van der Waals surface area contributed by atoms with Crippen LogP contribution in [0.4, 0.5) is 11.6 Å². The molecule has 2 N–H and O–H groups in total. The quantitative estimate of drug-likeness (QED) is 0.830. The molecule has 0 amide bonds. The van der Waals surface area contributed by atoms with E-state index in [1.165, 1.54) is 0 Å². The smallest absolute Gasteiger partial charge is 0.163 e. The van der Waals surface area contributed by atoms with Crippen LogP contribution >= 0.6 is 15.9 Å². The van der Waals surface area contributed by atoms with E-state index in [-0.39, 0.29) is 6.61 Å². The zero-order chi connectivity index (χ0) is 16.1. The fourth-order valence-corrected chi connectivity index (χ4v) is 2.66. The summed E-state index contributed by atoms with van der Waals surface area (Å²) in [6, 6.07) is 9.84. The molecule has 1 saturated heterocycles. The summed E-state index contributed by atoms with van der Waals surface area (Å²) >= 11 is 3.44. The van der Waals surface area contributed by atoms with Crippen molar-refractivity contribution in [2.75, 3.05) is 49.7 Å². The van der Waals surface area contributed by atoms with Gasteiger partial charge in [-0.3, -0.25) is 0 Å². The van der Waals surface area contributed by atoms with Crippen LogP contribution in [0.2, 0.25) is 0 Å². The van der Waals surface area contributed by atoms with Gasteiger partial charge in [-0.25, -0.2) is 9.97 Å². The molecule has 2 heterocycles. The Morgan fingerprint density at radius 1 is 1.17 bits per heavy atom. The number of morpholine rings is 1. The highest BCUT2D eigenvalue weighted by Gasteiger charge is 2.15. The minimum absolute atomic E-state index is 0.0600. The molecule has 1 fully saturated rings. The number of hydrogen-bond acceptors (Lipinski definition) is 6. The van der Waals surface area contributed by atoms with Gasteiger partial charge in [-0.05, 0) is 12.1 Å². The number of aromatic nitrogens is 2. The second-order valence-electron chi connectivity index (χ2n) is 5.19. The van der Waals surface area contributed by atoms with Gasteiger partial charge in [0.15, 0.2) is 5.82 Å². The van der Waals surface area contributed by atoms with E-state index in [0.29, 0.717) is 31.4 Å². The summed E-state index contributed by atoms with van der Waals surface area (Å²) in [6.07, 6.45) is 0. The van der Waals surface area contributed by atoms with Gasteiger partial charge >= 0.3 is 0 Å². The third-order valence-electron chi connectivity index (χ3n) is 3.57. The first-order valence-electron chi connectivity index (χ1n) is 7.59. The molecule has 23 heavy (non-hydrogen) atoms. The Morgan fingerprint density at radius 3 is 2.61 bits per heavy atom. The minimum Gasteiger partial charge on any atom is -0.395 e. The van der Waals surface area contributed by atoms with Crippen molar-refractivity contribution in [1.82, 2.24) is 9.97 Å². The standard InChI is InChI=1S/C16H19BrN4O2/c17-13-3-1-12(2-4-13)16-19-14(18-5-8-22)11-15(20-16)21-6-9-23-10-7-21/h1-4,11,22H,5-10H2,(H,18,19,20). The van der Waals surface area contributed by atoms with Crippen LogP contribution in [0.15, 0.2) is 34.8 Å². The van der Waals surface area contributed by atoms with E-state index in [0.717, 1.165) is 28.9 Å². The lowest BCUT2D eigenvalue weighted by Crippen LogP contribution is -2.36. The topological polar surface area (TPSA) is 70.5 Å². The first-order valence-corrected chi connectivity index (χ1v) is 8.38. The molecule has 0 unspecified atom stereocenters. The molecule has 0 saturated carbocycles. The van der Waals surface area contributed by atoms with E-state index in [9.17, 15) is 0 Å². The Kier molecular flexibility index (Phi) is 5.43. The third kappa shape index (κ3) is 4.19. The van der Waals surface area contributed by atoms with Gasteiger partial charge in [0, 0.05) is 35.7 Å². The number of anilines is 2. The highest BCUT2D eigenvalue weighted by molar-refractivity contribution is 9.10. The van der Waals surface area contributed by atoms with Gasteiger partial charge in [0.25, 0.3) is 0 Å². The number of ether oxygens (including phenoxy) is 1. The SMILES string of the molecule is OCCNc1cc(N2CCOCC2)nc(-c2ccc(Br)cc2)n1. The molecule has 0 bridgehead atoms. The summed E-state index contributed by atoms with van der Waals surface area (Å²) in [6.45, 7) is 3.56. The predicted molar refractivity (Wildman–Crippen MR) is 93.8 cm³/mol. The zero-order valence-corrected chi connectivity index (χ0v) is 14.3. The molecule has 7 heteroatoms. The summed E-state index contributed by atoms with van der Waals surface area (Å²) in [4.78, 5) is 11.5. The third-order valence-corrected chi connectivity index (χ3v) is 4.10. The average Bonchev–Trinajstić information content (AvgIpc) is 2.61. The van der Waals surface area contributed by atoms with Crippen LogP contribution in [0.5, 0.6) is 0 Å². The highest BCUT2D eigenvalue weighted by atomic mass is 79.9. The Balaban J connectivity index is 1.94. The van der Waals surface area contributed by atoms with Gasteiger partial charge < -0.3 is 20.1 Å². The van der Waals surface area contributed by atoms with Crippen molar-refractivity contribution < 1.29 is 9.84 Å². The van der Waals surface area contributed by atoms with E-state index >= 15 is 0 Å². The summed E-state index contributed by atoms with van der Waals surface area (Å²) in [5.41, 5.74) is 0.954. The fraction of sp³-hybridized carbons (Fsp3) is 0.375. The molecule has 1 aromatic heterocycles. The van der Waals surface area contributed by atoms with Gasteiger partial charge in [-0.1, -0.05) is 28.1 Å². The van der Waals surface area contributed by atoms with Crippen LogP contribution in [0.25, 0.3) is 11.4 Å². The number of nitrogens with one attached hydrogen (secondary N) is 1. The van der Waals surface area contributed by atoms with Gasteiger partial charge in [-0.2, -0.15) is 0 Å². The molecule has 6 nitrogen and oxygen atoms in total. The van der Waals surface area contributed by atoms with Crippen LogP contribution in [-0.2, 0) is 4.74 Å². The van der Waals surface area contributed by atoms with Crippen molar-refractivity contribution >= 4 is 27.6 Å². The maximum Gasteiger partial charge on any atom is 0.163 e. The number of aliphatic hydroxyl groups excluding tert-OH is 1. The lowest BCUT2D eigenvalue weighted by Gasteiger charge is -2.28. The largest absolute Gasteiger partial charge is 0.395 e. The fourth-order valence-electron chi connectivity index (χ4n) is 2.39. The van der Waals surface area contributed by atoms with E-state index in [4.69, 9.17) is 14.8 Å². The Bertz CT molecular complexity index is 645. The van der Waals surface area contributed by atoms with E-state index in [1.807, 2.05) is 30.3 Å². The molecular formula is C16H19BrN4O2. The van der Waals surface area contributed by atoms with Crippen LogP contribution in [0.1, 0.15) is 0 Å². The maximum atomic E-state index is 9.02.